The summed E-state index contributed by atoms with van der Waals surface area (Å²) in [4.78, 5) is 0. The van der Waals surface area contributed by atoms with Gasteiger partial charge in [0.1, 0.15) is 0 Å². The van der Waals surface area contributed by atoms with E-state index in [1.54, 1.807) is 0 Å². The van der Waals surface area contributed by atoms with Crippen molar-refractivity contribution in [1.82, 2.24) is 0 Å². The molecule has 0 saturated heterocycles. The smallest absolute Gasteiger partial charge is 0.0622 e. The normalized spacial score (nSPS) is 52.8. The van der Waals surface area contributed by atoms with Crippen molar-refractivity contribution >= 4 is 0 Å². The molecule has 0 aromatic rings. The van der Waals surface area contributed by atoms with Crippen molar-refractivity contribution in [2.75, 3.05) is 0 Å². The SMILES string of the molecule is C[C@H](CC[C@@H](O)C1CC1)[C@H]1CC[C@H]2[C@@H]3CC[C@H]4C[C@@](C)(O)CC[C@]4(C)C3CC[C@]12C. The van der Waals surface area contributed by atoms with Crippen LogP contribution < -0.4 is 0 Å². The predicted octanol–water partition coefficient (Wildman–Crippen LogP) is 6.58. The molecular formula is C28H48O2. The molecule has 0 amide bonds. The van der Waals surface area contributed by atoms with E-state index in [2.05, 4.69) is 27.7 Å². The molecule has 0 radical (unpaired) electrons. The van der Waals surface area contributed by atoms with Gasteiger partial charge >= 0.3 is 0 Å². The topological polar surface area (TPSA) is 40.5 Å². The monoisotopic (exact) mass is 416 g/mol. The fraction of sp³-hybridized carbons (Fsp3) is 1.00. The molecule has 2 heteroatoms. The van der Waals surface area contributed by atoms with Crippen molar-refractivity contribution in [3.05, 3.63) is 0 Å². The van der Waals surface area contributed by atoms with Crippen LogP contribution in [0.2, 0.25) is 0 Å². The summed E-state index contributed by atoms with van der Waals surface area (Å²) in [6, 6.07) is 0. The van der Waals surface area contributed by atoms with Gasteiger partial charge in [0.2, 0.25) is 0 Å². The standard InChI is InChI=1S/C28H48O2/c1-18(5-12-25(29)19-6-7-19)22-10-11-23-21-9-8-20-17-26(2,30)15-16-27(20,3)24(21)13-14-28(22,23)4/h18-25,29-30H,5-17H2,1-4H3/t18-,20+,21+,22-,23+,24?,25-,26+,27+,28-/m1/s1. The Morgan fingerprint density at radius 2 is 1.53 bits per heavy atom. The second kappa shape index (κ2) is 7.47. The predicted molar refractivity (Wildman–Crippen MR) is 123 cm³/mol. The molecule has 1 unspecified atom stereocenters. The first-order valence-corrected chi connectivity index (χ1v) is 13.5. The summed E-state index contributed by atoms with van der Waals surface area (Å²) >= 11 is 0. The van der Waals surface area contributed by atoms with Gasteiger partial charge in [-0.3, -0.25) is 0 Å². The fourth-order valence-electron chi connectivity index (χ4n) is 9.76. The summed E-state index contributed by atoms with van der Waals surface area (Å²) in [6.07, 6.45) is 16.6. The maximum absolute atomic E-state index is 10.7. The Balaban J connectivity index is 1.28. The molecule has 2 N–H and O–H groups in total. The molecule has 0 heterocycles. The van der Waals surface area contributed by atoms with E-state index in [0.717, 1.165) is 54.8 Å². The van der Waals surface area contributed by atoms with Crippen LogP contribution in [0.5, 0.6) is 0 Å². The Kier molecular flexibility index (Phi) is 5.42. The van der Waals surface area contributed by atoms with Crippen LogP contribution in [-0.4, -0.2) is 21.9 Å². The van der Waals surface area contributed by atoms with Crippen LogP contribution in [0.1, 0.15) is 111 Å². The molecule has 5 aliphatic rings. The molecule has 0 spiro atoms. The van der Waals surface area contributed by atoms with E-state index >= 15 is 0 Å². The molecule has 0 aliphatic heterocycles. The van der Waals surface area contributed by atoms with E-state index in [9.17, 15) is 10.2 Å². The average molecular weight is 417 g/mol. The van der Waals surface area contributed by atoms with Gasteiger partial charge in [0.15, 0.2) is 0 Å². The molecular weight excluding hydrogens is 368 g/mol. The highest BCUT2D eigenvalue weighted by Crippen LogP contribution is 2.68. The average Bonchev–Trinajstić information content (AvgIpc) is 3.48. The third-order valence-electron chi connectivity index (χ3n) is 11.8. The minimum Gasteiger partial charge on any atom is -0.393 e. The fourth-order valence-corrected chi connectivity index (χ4v) is 9.76. The summed E-state index contributed by atoms with van der Waals surface area (Å²) in [6.45, 7) is 9.87. The molecule has 0 bridgehead atoms. The molecule has 2 nitrogen and oxygen atoms in total. The second-order valence-corrected chi connectivity index (χ2v) is 13.5. The van der Waals surface area contributed by atoms with Gasteiger partial charge in [-0.25, -0.2) is 0 Å². The number of fused-ring (bicyclic) bond motifs is 5. The Bertz CT molecular complexity index is 639. The lowest BCUT2D eigenvalue weighted by molar-refractivity contribution is -0.148. The third-order valence-corrected chi connectivity index (χ3v) is 11.8. The zero-order chi connectivity index (χ0) is 21.3. The van der Waals surface area contributed by atoms with Gasteiger partial charge < -0.3 is 10.2 Å². The van der Waals surface area contributed by atoms with E-state index < -0.39 is 5.60 Å². The highest BCUT2D eigenvalue weighted by molar-refractivity contribution is 5.10. The van der Waals surface area contributed by atoms with Crippen molar-refractivity contribution in [2.24, 2.45) is 52.3 Å². The Labute approximate surface area is 185 Å². The molecule has 5 aliphatic carbocycles. The zero-order valence-corrected chi connectivity index (χ0v) is 20.2. The van der Waals surface area contributed by atoms with Crippen molar-refractivity contribution < 1.29 is 10.2 Å². The first-order chi connectivity index (χ1) is 14.1. The van der Waals surface area contributed by atoms with Crippen LogP contribution in [-0.2, 0) is 0 Å². The highest BCUT2D eigenvalue weighted by Gasteiger charge is 2.61. The highest BCUT2D eigenvalue weighted by atomic mass is 16.3. The molecule has 5 saturated carbocycles. The van der Waals surface area contributed by atoms with Crippen LogP contribution in [0.3, 0.4) is 0 Å². The van der Waals surface area contributed by atoms with Crippen LogP contribution >= 0.6 is 0 Å². The molecule has 5 fully saturated rings. The number of aliphatic hydroxyl groups is 2. The number of hydrogen-bond donors (Lipinski definition) is 2. The maximum Gasteiger partial charge on any atom is 0.0622 e. The second-order valence-electron chi connectivity index (χ2n) is 13.5. The lowest BCUT2D eigenvalue weighted by Crippen LogP contribution is -2.55. The van der Waals surface area contributed by atoms with Gasteiger partial charge in [0.25, 0.3) is 0 Å². The quantitative estimate of drug-likeness (QED) is 0.531. The summed E-state index contributed by atoms with van der Waals surface area (Å²) in [5.74, 6) is 5.77. The lowest BCUT2D eigenvalue weighted by Gasteiger charge is -2.62. The van der Waals surface area contributed by atoms with E-state index in [0.29, 0.717) is 16.7 Å². The van der Waals surface area contributed by atoms with Gasteiger partial charge in [-0.15, -0.1) is 0 Å². The zero-order valence-electron chi connectivity index (χ0n) is 20.2. The van der Waals surface area contributed by atoms with E-state index in [4.69, 9.17) is 0 Å². The molecule has 0 aromatic heterocycles. The first kappa shape index (κ1) is 21.7. The summed E-state index contributed by atoms with van der Waals surface area (Å²) < 4.78 is 0. The largest absolute Gasteiger partial charge is 0.393 e. The van der Waals surface area contributed by atoms with Gasteiger partial charge in [0.05, 0.1) is 11.7 Å². The first-order valence-electron chi connectivity index (χ1n) is 13.5. The van der Waals surface area contributed by atoms with E-state index in [-0.39, 0.29) is 6.10 Å². The summed E-state index contributed by atoms with van der Waals surface area (Å²) in [7, 11) is 0. The Hall–Kier alpha value is -0.0800. The molecule has 0 aromatic carbocycles. The van der Waals surface area contributed by atoms with Gasteiger partial charge in [-0.05, 0) is 143 Å². The molecule has 5 rings (SSSR count). The molecule has 10 atom stereocenters. The van der Waals surface area contributed by atoms with Gasteiger partial charge in [0, 0.05) is 0 Å². The van der Waals surface area contributed by atoms with Crippen LogP contribution in [0.25, 0.3) is 0 Å². The van der Waals surface area contributed by atoms with Crippen LogP contribution in [0.4, 0.5) is 0 Å². The van der Waals surface area contributed by atoms with Crippen molar-refractivity contribution in [2.45, 2.75) is 123 Å². The molecule has 30 heavy (non-hydrogen) atoms. The van der Waals surface area contributed by atoms with Gasteiger partial charge in [-0.1, -0.05) is 20.8 Å². The number of aliphatic hydroxyl groups excluding tert-OH is 1. The molecule has 172 valence electrons. The minimum absolute atomic E-state index is 0.0214. The Morgan fingerprint density at radius 1 is 0.800 bits per heavy atom. The van der Waals surface area contributed by atoms with Gasteiger partial charge in [-0.2, -0.15) is 0 Å². The van der Waals surface area contributed by atoms with E-state index in [1.807, 2.05) is 0 Å². The third kappa shape index (κ3) is 3.51. The minimum atomic E-state index is -0.418. The summed E-state index contributed by atoms with van der Waals surface area (Å²) in [5.41, 5.74) is 0.595. The Morgan fingerprint density at radius 3 is 2.27 bits per heavy atom. The van der Waals surface area contributed by atoms with Crippen LogP contribution in [0.15, 0.2) is 0 Å². The summed E-state index contributed by atoms with van der Waals surface area (Å²) in [5, 5.41) is 21.1. The van der Waals surface area contributed by atoms with Crippen molar-refractivity contribution in [3.8, 4) is 0 Å². The van der Waals surface area contributed by atoms with Crippen molar-refractivity contribution in [1.29, 1.82) is 0 Å². The maximum atomic E-state index is 10.7. The van der Waals surface area contributed by atoms with Crippen LogP contribution in [0, 0.1) is 52.3 Å². The van der Waals surface area contributed by atoms with E-state index in [1.165, 1.54) is 64.2 Å². The van der Waals surface area contributed by atoms with Crippen molar-refractivity contribution in [3.63, 3.8) is 0 Å². The number of hydrogen-bond acceptors (Lipinski definition) is 2. The number of rotatable bonds is 5. The lowest BCUT2D eigenvalue weighted by atomic mass is 9.43.